The van der Waals surface area contributed by atoms with Gasteiger partial charge in [0.05, 0.1) is 5.69 Å². The number of para-hydroxylation sites is 1. The molecule has 0 aliphatic carbocycles. The third-order valence-electron chi connectivity index (χ3n) is 3.79. The van der Waals surface area contributed by atoms with Gasteiger partial charge in [0.1, 0.15) is 11.6 Å². The lowest BCUT2D eigenvalue weighted by Gasteiger charge is -2.13. The van der Waals surface area contributed by atoms with Crippen LogP contribution in [0, 0.1) is 6.92 Å². The highest BCUT2D eigenvalue weighted by molar-refractivity contribution is 5.94. The Morgan fingerprint density at radius 1 is 1.17 bits per heavy atom. The highest BCUT2D eigenvalue weighted by Crippen LogP contribution is 2.16. The fourth-order valence-corrected chi connectivity index (χ4v) is 2.51. The molecule has 3 rings (SSSR count). The van der Waals surface area contributed by atoms with Crippen LogP contribution < -0.4 is 10.6 Å². The number of hydrogen-bond donors (Lipinski definition) is 2. The van der Waals surface area contributed by atoms with Gasteiger partial charge in [0.15, 0.2) is 0 Å². The van der Waals surface area contributed by atoms with Crippen molar-refractivity contribution >= 4 is 11.7 Å². The van der Waals surface area contributed by atoms with E-state index in [0.29, 0.717) is 17.9 Å². The molecule has 6 nitrogen and oxygen atoms in total. The van der Waals surface area contributed by atoms with Gasteiger partial charge in [0, 0.05) is 37.7 Å². The van der Waals surface area contributed by atoms with Gasteiger partial charge in [-0.05, 0) is 30.7 Å². The molecule has 0 bridgehead atoms. The SMILES string of the molecule is CNc1cc(C(=O)NCc2ccccc2-n2ccnc2C)ccn1. The summed E-state index contributed by atoms with van der Waals surface area (Å²) in [6, 6.07) is 11.4. The summed E-state index contributed by atoms with van der Waals surface area (Å²) in [6.45, 7) is 2.38. The number of imidazole rings is 1. The minimum Gasteiger partial charge on any atom is -0.373 e. The molecule has 6 heteroatoms. The van der Waals surface area contributed by atoms with Gasteiger partial charge >= 0.3 is 0 Å². The fraction of sp³-hybridized carbons (Fsp3) is 0.167. The van der Waals surface area contributed by atoms with Gasteiger partial charge < -0.3 is 15.2 Å². The number of nitrogens with one attached hydrogen (secondary N) is 2. The van der Waals surface area contributed by atoms with E-state index in [1.165, 1.54) is 0 Å². The van der Waals surface area contributed by atoms with Gasteiger partial charge in [0.25, 0.3) is 5.91 Å². The third kappa shape index (κ3) is 3.27. The van der Waals surface area contributed by atoms with Crippen LogP contribution in [0.15, 0.2) is 55.0 Å². The summed E-state index contributed by atoms with van der Waals surface area (Å²) in [7, 11) is 1.77. The van der Waals surface area contributed by atoms with Crippen molar-refractivity contribution in [3.05, 3.63) is 71.9 Å². The van der Waals surface area contributed by atoms with Gasteiger partial charge in [-0.1, -0.05) is 18.2 Å². The van der Waals surface area contributed by atoms with Crippen LogP contribution >= 0.6 is 0 Å². The maximum absolute atomic E-state index is 12.4. The molecule has 0 fully saturated rings. The monoisotopic (exact) mass is 321 g/mol. The second kappa shape index (κ2) is 6.95. The van der Waals surface area contributed by atoms with Crippen LogP contribution in [-0.2, 0) is 6.54 Å². The normalized spacial score (nSPS) is 10.4. The number of aryl methyl sites for hydroxylation is 1. The number of rotatable bonds is 5. The number of anilines is 1. The fourth-order valence-electron chi connectivity index (χ4n) is 2.51. The third-order valence-corrected chi connectivity index (χ3v) is 3.79. The van der Waals surface area contributed by atoms with Crippen molar-refractivity contribution in [3.8, 4) is 5.69 Å². The van der Waals surface area contributed by atoms with Crippen LogP contribution in [-0.4, -0.2) is 27.5 Å². The van der Waals surface area contributed by atoms with Crippen molar-refractivity contribution in [1.82, 2.24) is 19.9 Å². The summed E-state index contributed by atoms with van der Waals surface area (Å²) in [5.41, 5.74) is 2.61. The number of pyridine rings is 1. The number of benzene rings is 1. The summed E-state index contributed by atoms with van der Waals surface area (Å²) in [6.07, 6.45) is 5.29. The van der Waals surface area contributed by atoms with E-state index in [1.54, 1.807) is 31.6 Å². The van der Waals surface area contributed by atoms with Crippen molar-refractivity contribution in [2.45, 2.75) is 13.5 Å². The van der Waals surface area contributed by atoms with Crippen LogP contribution in [0.3, 0.4) is 0 Å². The van der Waals surface area contributed by atoms with E-state index in [0.717, 1.165) is 17.1 Å². The molecule has 1 aromatic carbocycles. The molecule has 0 aliphatic rings. The molecular weight excluding hydrogens is 302 g/mol. The largest absolute Gasteiger partial charge is 0.373 e. The molecule has 0 aliphatic heterocycles. The second-order valence-corrected chi connectivity index (χ2v) is 5.34. The predicted molar refractivity (Wildman–Crippen MR) is 93.3 cm³/mol. The molecule has 2 heterocycles. The Morgan fingerprint density at radius 3 is 2.75 bits per heavy atom. The smallest absolute Gasteiger partial charge is 0.251 e. The molecule has 1 amide bonds. The molecule has 0 radical (unpaired) electrons. The first-order chi connectivity index (χ1) is 11.7. The second-order valence-electron chi connectivity index (χ2n) is 5.34. The Labute approximate surface area is 140 Å². The van der Waals surface area contributed by atoms with Gasteiger partial charge in [-0.25, -0.2) is 9.97 Å². The summed E-state index contributed by atoms with van der Waals surface area (Å²) < 4.78 is 2.01. The maximum atomic E-state index is 12.4. The Balaban J connectivity index is 1.78. The first-order valence-corrected chi connectivity index (χ1v) is 7.69. The molecule has 0 unspecified atom stereocenters. The van der Waals surface area contributed by atoms with Crippen molar-refractivity contribution in [2.75, 3.05) is 12.4 Å². The molecule has 24 heavy (non-hydrogen) atoms. The van der Waals surface area contributed by atoms with Gasteiger partial charge in [-0.3, -0.25) is 4.79 Å². The minimum atomic E-state index is -0.133. The molecule has 0 saturated carbocycles. The van der Waals surface area contributed by atoms with Crippen LogP contribution in [0.25, 0.3) is 5.69 Å². The van der Waals surface area contributed by atoms with Crippen LogP contribution in [0.5, 0.6) is 0 Å². The lowest BCUT2D eigenvalue weighted by Crippen LogP contribution is -2.23. The summed E-state index contributed by atoms with van der Waals surface area (Å²) in [5, 5.41) is 5.89. The molecule has 2 N–H and O–H groups in total. The van der Waals surface area contributed by atoms with Crippen molar-refractivity contribution < 1.29 is 4.79 Å². The van der Waals surface area contributed by atoms with E-state index in [1.807, 2.05) is 42.0 Å². The van der Waals surface area contributed by atoms with Gasteiger partial charge in [-0.15, -0.1) is 0 Å². The summed E-state index contributed by atoms with van der Waals surface area (Å²) in [4.78, 5) is 20.7. The predicted octanol–water partition coefficient (Wildman–Crippen LogP) is 2.55. The summed E-state index contributed by atoms with van der Waals surface area (Å²) >= 11 is 0. The Hall–Kier alpha value is -3.15. The zero-order chi connectivity index (χ0) is 16.9. The van der Waals surface area contributed by atoms with Crippen molar-refractivity contribution in [1.29, 1.82) is 0 Å². The van der Waals surface area contributed by atoms with E-state index < -0.39 is 0 Å². The number of hydrogen-bond acceptors (Lipinski definition) is 4. The molecule has 0 spiro atoms. The maximum Gasteiger partial charge on any atom is 0.251 e. The number of carbonyl (C=O) groups is 1. The molecule has 122 valence electrons. The Morgan fingerprint density at radius 2 is 2.00 bits per heavy atom. The van der Waals surface area contributed by atoms with Gasteiger partial charge in [-0.2, -0.15) is 0 Å². The first-order valence-electron chi connectivity index (χ1n) is 7.69. The quantitative estimate of drug-likeness (QED) is 0.757. The summed E-state index contributed by atoms with van der Waals surface area (Å²) in [5.74, 6) is 1.43. The molecule has 0 atom stereocenters. The van der Waals surface area contributed by atoms with Crippen LogP contribution in [0.2, 0.25) is 0 Å². The number of amides is 1. The number of aromatic nitrogens is 3. The van der Waals surface area contributed by atoms with Crippen LogP contribution in [0.1, 0.15) is 21.7 Å². The average molecular weight is 321 g/mol. The number of carbonyl (C=O) groups excluding carboxylic acids is 1. The average Bonchev–Trinajstić information content (AvgIpc) is 3.05. The zero-order valence-corrected chi connectivity index (χ0v) is 13.7. The minimum absolute atomic E-state index is 0.133. The molecule has 3 aromatic rings. The lowest BCUT2D eigenvalue weighted by molar-refractivity contribution is 0.0951. The van der Waals surface area contributed by atoms with Crippen molar-refractivity contribution in [3.63, 3.8) is 0 Å². The molecular formula is C18H19N5O. The van der Waals surface area contributed by atoms with Crippen LogP contribution in [0.4, 0.5) is 5.82 Å². The first kappa shape index (κ1) is 15.7. The molecule has 0 saturated heterocycles. The Kier molecular flexibility index (Phi) is 4.56. The highest BCUT2D eigenvalue weighted by atomic mass is 16.1. The standard InChI is InChI=1S/C18H19N5O/c1-13-20-9-10-23(13)16-6-4-3-5-15(16)12-22-18(24)14-7-8-21-17(11-14)19-2/h3-11H,12H2,1-2H3,(H,19,21)(H,22,24). The zero-order valence-electron chi connectivity index (χ0n) is 13.7. The van der Waals surface area contributed by atoms with E-state index in [9.17, 15) is 4.79 Å². The Bertz CT molecular complexity index is 856. The topological polar surface area (TPSA) is 71.8 Å². The van der Waals surface area contributed by atoms with Crippen molar-refractivity contribution in [2.24, 2.45) is 0 Å². The van der Waals surface area contributed by atoms with E-state index in [2.05, 4.69) is 20.6 Å². The van der Waals surface area contributed by atoms with E-state index in [-0.39, 0.29) is 5.91 Å². The molecule has 2 aromatic heterocycles. The number of nitrogens with zero attached hydrogens (tertiary/aromatic N) is 3. The lowest BCUT2D eigenvalue weighted by atomic mass is 10.1. The van der Waals surface area contributed by atoms with E-state index >= 15 is 0 Å². The highest BCUT2D eigenvalue weighted by Gasteiger charge is 2.10. The van der Waals surface area contributed by atoms with Gasteiger partial charge in [0.2, 0.25) is 0 Å². The van der Waals surface area contributed by atoms with E-state index in [4.69, 9.17) is 0 Å².